The lowest BCUT2D eigenvalue weighted by Crippen LogP contribution is -2.52. The molecule has 3 aliphatic heterocycles. The quantitative estimate of drug-likeness (QED) is 0.809. The Bertz CT molecular complexity index is 920. The van der Waals surface area contributed by atoms with Crippen molar-refractivity contribution >= 4 is 6.09 Å². The molecule has 4 aliphatic rings. The van der Waals surface area contributed by atoms with E-state index in [0.717, 1.165) is 63.1 Å². The van der Waals surface area contributed by atoms with E-state index in [-0.39, 0.29) is 18.2 Å². The molecule has 2 aromatic rings. The number of benzene rings is 2. The third-order valence-corrected chi connectivity index (χ3v) is 7.01. The van der Waals surface area contributed by atoms with Crippen molar-refractivity contribution in [3.05, 3.63) is 53.6 Å². The number of piperidine rings is 3. The van der Waals surface area contributed by atoms with Crippen LogP contribution in [-0.4, -0.2) is 43.8 Å². The second kappa shape index (κ2) is 8.31. The standard InChI is InChI=1S/C25H30N2O3/c1-29-21-6-2-4-18(15-21)19-8-9-22-20(14-19)5-3-7-23(22)26-25(28)30-24-16-27-12-10-17(24)11-13-27/h2,4,6,8-9,14-15,17,23-24H,3,5,7,10-13,16H2,1H3,(H,26,28)/t23?,24-/m1/s1. The summed E-state index contributed by atoms with van der Waals surface area (Å²) in [5.74, 6) is 1.39. The minimum absolute atomic E-state index is 0.0293. The molecule has 30 heavy (non-hydrogen) atoms. The van der Waals surface area contributed by atoms with E-state index < -0.39 is 0 Å². The van der Waals surface area contributed by atoms with E-state index in [0.29, 0.717) is 5.92 Å². The first-order valence-electron chi connectivity index (χ1n) is 11.2. The van der Waals surface area contributed by atoms with Gasteiger partial charge in [-0.1, -0.05) is 30.3 Å². The second-order valence-corrected chi connectivity index (χ2v) is 8.82. The summed E-state index contributed by atoms with van der Waals surface area (Å²) in [6, 6.07) is 14.7. The van der Waals surface area contributed by atoms with Gasteiger partial charge < -0.3 is 14.8 Å². The van der Waals surface area contributed by atoms with Crippen LogP contribution >= 0.6 is 0 Å². The highest BCUT2D eigenvalue weighted by Crippen LogP contribution is 2.34. The zero-order chi connectivity index (χ0) is 20.5. The van der Waals surface area contributed by atoms with Gasteiger partial charge in [-0.2, -0.15) is 0 Å². The van der Waals surface area contributed by atoms with E-state index in [1.54, 1.807) is 7.11 Å². The average molecular weight is 407 g/mol. The second-order valence-electron chi connectivity index (χ2n) is 8.82. The van der Waals surface area contributed by atoms with E-state index in [1.807, 2.05) is 12.1 Å². The number of aryl methyl sites for hydroxylation is 1. The number of alkyl carbamates (subject to hydrolysis) is 1. The third-order valence-electron chi connectivity index (χ3n) is 7.01. The molecular weight excluding hydrogens is 376 g/mol. The van der Waals surface area contributed by atoms with E-state index in [1.165, 1.54) is 16.7 Å². The zero-order valence-corrected chi connectivity index (χ0v) is 17.6. The Kier molecular flexibility index (Phi) is 5.38. The Morgan fingerprint density at radius 2 is 1.90 bits per heavy atom. The highest BCUT2D eigenvalue weighted by atomic mass is 16.6. The van der Waals surface area contributed by atoms with Crippen LogP contribution in [0.5, 0.6) is 5.75 Å². The topological polar surface area (TPSA) is 50.8 Å². The number of ether oxygens (including phenoxy) is 2. The van der Waals surface area contributed by atoms with Gasteiger partial charge in [-0.15, -0.1) is 0 Å². The molecule has 3 fully saturated rings. The molecule has 0 radical (unpaired) electrons. The van der Waals surface area contributed by atoms with E-state index in [2.05, 4.69) is 40.5 Å². The van der Waals surface area contributed by atoms with Crippen molar-refractivity contribution in [2.24, 2.45) is 5.92 Å². The minimum atomic E-state index is -0.261. The fourth-order valence-corrected chi connectivity index (χ4v) is 5.30. The predicted molar refractivity (Wildman–Crippen MR) is 117 cm³/mol. The molecule has 2 bridgehead atoms. The number of hydrogen-bond donors (Lipinski definition) is 1. The van der Waals surface area contributed by atoms with Crippen molar-refractivity contribution in [3.63, 3.8) is 0 Å². The smallest absolute Gasteiger partial charge is 0.407 e. The third kappa shape index (κ3) is 3.91. The van der Waals surface area contributed by atoms with Gasteiger partial charge in [0.2, 0.25) is 0 Å². The van der Waals surface area contributed by atoms with Crippen LogP contribution in [0.1, 0.15) is 42.9 Å². The van der Waals surface area contributed by atoms with Crippen LogP contribution in [-0.2, 0) is 11.2 Å². The maximum absolute atomic E-state index is 12.7. The fraction of sp³-hybridized carbons (Fsp3) is 0.480. The summed E-state index contributed by atoms with van der Waals surface area (Å²) < 4.78 is 11.2. The van der Waals surface area contributed by atoms with Gasteiger partial charge in [0.05, 0.1) is 13.2 Å². The average Bonchev–Trinajstić information content (AvgIpc) is 2.80. The van der Waals surface area contributed by atoms with Crippen LogP contribution in [0.25, 0.3) is 11.1 Å². The van der Waals surface area contributed by atoms with E-state index >= 15 is 0 Å². The van der Waals surface area contributed by atoms with Gasteiger partial charge in [0.1, 0.15) is 11.9 Å². The van der Waals surface area contributed by atoms with Gasteiger partial charge in [-0.05, 0) is 85.5 Å². The Morgan fingerprint density at radius 1 is 1.07 bits per heavy atom. The number of methoxy groups -OCH3 is 1. The first-order valence-corrected chi connectivity index (χ1v) is 11.2. The molecule has 1 aliphatic carbocycles. The summed E-state index contributed by atoms with van der Waals surface area (Å²) in [5, 5.41) is 3.16. The first kappa shape index (κ1) is 19.4. The summed E-state index contributed by atoms with van der Waals surface area (Å²) in [7, 11) is 1.69. The van der Waals surface area contributed by atoms with Gasteiger partial charge in [-0.25, -0.2) is 4.79 Å². The van der Waals surface area contributed by atoms with E-state index in [9.17, 15) is 4.79 Å². The monoisotopic (exact) mass is 406 g/mol. The Morgan fingerprint density at radius 3 is 2.67 bits per heavy atom. The number of carbonyl (C=O) groups is 1. The summed E-state index contributed by atoms with van der Waals surface area (Å²) in [6.07, 6.45) is 5.16. The Hall–Kier alpha value is -2.53. The first-order chi connectivity index (χ1) is 14.7. The molecule has 2 aromatic carbocycles. The van der Waals surface area contributed by atoms with Gasteiger partial charge >= 0.3 is 6.09 Å². The highest BCUT2D eigenvalue weighted by Gasteiger charge is 2.37. The van der Waals surface area contributed by atoms with Gasteiger partial charge in [-0.3, -0.25) is 4.90 Å². The summed E-state index contributed by atoms with van der Waals surface area (Å²) in [4.78, 5) is 15.1. The van der Waals surface area contributed by atoms with Crippen LogP contribution in [0.2, 0.25) is 0 Å². The predicted octanol–water partition coefficient (Wildman–Crippen LogP) is 4.56. The lowest BCUT2D eigenvalue weighted by Gasteiger charge is -2.44. The van der Waals surface area contributed by atoms with Crippen molar-refractivity contribution in [2.45, 2.75) is 44.2 Å². The molecule has 1 amide bonds. The molecule has 3 heterocycles. The molecule has 1 unspecified atom stereocenters. The van der Waals surface area contributed by atoms with Crippen LogP contribution < -0.4 is 10.1 Å². The van der Waals surface area contributed by atoms with Crippen molar-refractivity contribution in [3.8, 4) is 16.9 Å². The van der Waals surface area contributed by atoms with E-state index in [4.69, 9.17) is 9.47 Å². The maximum Gasteiger partial charge on any atom is 0.407 e. The van der Waals surface area contributed by atoms with Crippen molar-refractivity contribution in [1.29, 1.82) is 0 Å². The molecule has 1 N–H and O–H groups in total. The number of nitrogens with zero attached hydrogens (tertiary/aromatic N) is 1. The summed E-state index contributed by atoms with van der Waals surface area (Å²) >= 11 is 0. The molecule has 0 saturated carbocycles. The molecular formula is C25H30N2O3. The number of fused-ring (bicyclic) bond motifs is 4. The normalized spacial score (nSPS) is 27.2. The number of hydrogen-bond acceptors (Lipinski definition) is 4. The minimum Gasteiger partial charge on any atom is -0.497 e. The van der Waals surface area contributed by atoms with Crippen LogP contribution in [0.3, 0.4) is 0 Å². The molecule has 5 nitrogen and oxygen atoms in total. The molecule has 5 heteroatoms. The van der Waals surface area contributed by atoms with Gasteiger partial charge in [0.25, 0.3) is 0 Å². The van der Waals surface area contributed by atoms with Gasteiger partial charge in [0, 0.05) is 6.54 Å². The van der Waals surface area contributed by atoms with Crippen molar-refractivity contribution in [1.82, 2.24) is 10.2 Å². The highest BCUT2D eigenvalue weighted by molar-refractivity contribution is 5.70. The largest absolute Gasteiger partial charge is 0.497 e. The molecule has 3 saturated heterocycles. The summed E-state index contributed by atoms with van der Waals surface area (Å²) in [5.41, 5.74) is 4.87. The molecule has 0 aromatic heterocycles. The Labute approximate surface area is 178 Å². The summed E-state index contributed by atoms with van der Waals surface area (Å²) in [6.45, 7) is 3.19. The lowest BCUT2D eigenvalue weighted by atomic mass is 9.85. The SMILES string of the molecule is COc1cccc(-c2ccc3c(c2)CCCC3NC(=O)O[C@@H]2CN3CCC2CC3)c1. The number of amides is 1. The molecule has 0 spiro atoms. The Balaban J connectivity index is 1.28. The molecule has 2 atom stereocenters. The van der Waals surface area contributed by atoms with Crippen LogP contribution in [0.15, 0.2) is 42.5 Å². The number of rotatable bonds is 4. The number of carbonyl (C=O) groups excluding carboxylic acids is 1. The maximum atomic E-state index is 12.7. The molecule has 6 rings (SSSR count). The fourth-order valence-electron chi connectivity index (χ4n) is 5.30. The molecule has 158 valence electrons. The zero-order valence-electron chi connectivity index (χ0n) is 17.6. The van der Waals surface area contributed by atoms with Crippen LogP contribution in [0.4, 0.5) is 4.79 Å². The van der Waals surface area contributed by atoms with Crippen LogP contribution in [0, 0.1) is 5.92 Å². The van der Waals surface area contributed by atoms with Gasteiger partial charge in [0.15, 0.2) is 0 Å². The van der Waals surface area contributed by atoms with Crippen molar-refractivity contribution < 1.29 is 14.3 Å². The van der Waals surface area contributed by atoms with Crippen molar-refractivity contribution in [2.75, 3.05) is 26.7 Å². The lowest BCUT2D eigenvalue weighted by molar-refractivity contribution is -0.0340. The number of nitrogens with one attached hydrogen (secondary N) is 1.